The first-order chi connectivity index (χ1) is 16.0. The van der Waals surface area contributed by atoms with Crippen molar-refractivity contribution in [3.63, 3.8) is 0 Å². The zero-order valence-corrected chi connectivity index (χ0v) is 21.4. The lowest BCUT2D eigenvalue weighted by Crippen LogP contribution is -2.38. The summed E-state index contributed by atoms with van der Waals surface area (Å²) in [6.07, 6.45) is 3.45. The number of allylic oxidation sites excluding steroid dienone is 2. The van der Waals surface area contributed by atoms with E-state index in [4.69, 9.17) is 4.74 Å². The summed E-state index contributed by atoms with van der Waals surface area (Å²) in [6, 6.07) is 15.3. The van der Waals surface area contributed by atoms with Crippen LogP contribution in [0.4, 0.5) is 9.18 Å². The molecule has 34 heavy (non-hydrogen) atoms. The zero-order chi connectivity index (χ0) is 24.9. The van der Waals surface area contributed by atoms with E-state index in [1.165, 1.54) is 17.0 Å². The Labute approximate surface area is 202 Å². The smallest absolute Gasteiger partial charge is 0.417 e. The van der Waals surface area contributed by atoms with Crippen LogP contribution in [0.25, 0.3) is 5.57 Å². The average Bonchev–Trinajstić information content (AvgIpc) is 3.18. The largest absolute Gasteiger partial charge is 0.446 e. The molecule has 1 atom stereocenters. The lowest BCUT2D eigenvalue weighted by Gasteiger charge is -2.35. The third-order valence-electron chi connectivity index (χ3n) is 6.97. The van der Waals surface area contributed by atoms with Crippen LogP contribution in [0.15, 0.2) is 60.7 Å². The molecule has 1 aliphatic heterocycles. The van der Waals surface area contributed by atoms with Crippen molar-refractivity contribution in [2.45, 2.75) is 63.7 Å². The van der Waals surface area contributed by atoms with Gasteiger partial charge in [0.05, 0.1) is 0 Å². The van der Waals surface area contributed by atoms with Crippen LogP contribution in [0.2, 0.25) is 18.1 Å². The van der Waals surface area contributed by atoms with Crippen molar-refractivity contribution in [3.05, 3.63) is 77.6 Å². The second-order valence-electron chi connectivity index (χ2n) is 9.98. The number of rotatable bonds is 9. The van der Waals surface area contributed by atoms with Crippen molar-refractivity contribution >= 4 is 25.9 Å². The second-order valence-corrected chi connectivity index (χ2v) is 14.5. The molecular weight excluding hydrogens is 449 g/mol. The molecule has 2 aromatic rings. The standard InChI is InChI=1S/C27H34FNO4Si/c1-27(2,34(3,4)32)18-17-20(21-13-15-23(28)16-14-21)11-8-12-25(30)29-24(19-33-26(29)31)22-9-6-5-7-10-22/h5-7,9-11,13-16,24,32H,8,12,17-19H2,1-4H3/b20-11-/t24-/m1/s1. The van der Waals surface area contributed by atoms with Gasteiger partial charge in [-0.25, -0.2) is 14.1 Å². The minimum atomic E-state index is -2.38. The highest BCUT2D eigenvalue weighted by molar-refractivity contribution is 6.72. The minimum absolute atomic E-state index is 0.154. The van der Waals surface area contributed by atoms with Gasteiger partial charge in [-0.15, -0.1) is 0 Å². The van der Waals surface area contributed by atoms with Crippen LogP contribution in [0, 0.1) is 5.82 Å². The van der Waals surface area contributed by atoms with E-state index >= 15 is 0 Å². The van der Waals surface area contributed by atoms with E-state index in [1.54, 1.807) is 12.1 Å². The average molecular weight is 484 g/mol. The Morgan fingerprint density at radius 2 is 1.79 bits per heavy atom. The fourth-order valence-corrected chi connectivity index (χ4v) is 4.63. The van der Waals surface area contributed by atoms with Crippen molar-refractivity contribution in [3.8, 4) is 0 Å². The van der Waals surface area contributed by atoms with Gasteiger partial charge in [-0.2, -0.15) is 0 Å². The van der Waals surface area contributed by atoms with Crippen LogP contribution in [-0.2, 0) is 9.53 Å². The van der Waals surface area contributed by atoms with Gasteiger partial charge in [-0.05, 0) is 66.2 Å². The molecule has 0 spiro atoms. The Morgan fingerprint density at radius 1 is 1.15 bits per heavy atom. The van der Waals surface area contributed by atoms with E-state index in [0.717, 1.165) is 23.1 Å². The summed E-state index contributed by atoms with van der Waals surface area (Å²) in [6.45, 7) is 8.18. The number of hydrogen-bond donors (Lipinski definition) is 1. The topological polar surface area (TPSA) is 66.8 Å². The monoisotopic (exact) mass is 483 g/mol. The van der Waals surface area contributed by atoms with Crippen molar-refractivity contribution in [2.75, 3.05) is 6.61 Å². The number of benzene rings is 2. The number of carbonyl (C=O) groups excluding carboxylic acids is 2. The lowest BCUT2D eigenvalue weighted by molar-refractivity contribution is -0.129. The molecule has 1 heterocycles. The van der Waals surface area contributed by atoms with Crippen LogP contribution < -0.4 is 0 Å². The van der Waals surface area contributed by atoms with Crippen molar-refractivity contribution < 1.29 is 23.5 Å². The number of ether oxygens (including phenoxy) is 1. The number of carbonyl (C=O) groups is 2. The molecule has 0 aliphatic carbocycles. The SMILES string of the molecule is CC(C)(CC/C(=C/CCC(=O)N1C(=O)OC[C@@H]1c1ccccc1)c1ccc(F)cc1)[Si](C)(C)O. The summed E-state index contributed by atoms with van der Waals surface area (Å²) in [5, 5.41) is -0.204. The van der Waals surface area contributed by atoms with Gasteiger partial charge in [-0.3, -0.25) is 4.79 Å². The molecule has 5 nitrogen and oxygen atoms in total. The minimum Gasteiger partial charge on any atom is -0.446 e. The maximum absolute atomic E-state index is 13.5. The van der Waals surface area contributed by atoms with Crippen LogP contribution in [0.1, 0.15) is 56.7 Å². The Balaban J connectivity index is 1.73. The van der Waals surface area contributed by atoms with Crippen LogP contribution in [0.5, 0.6) is 0 Å². The third kappa shape index (κ3) is 6.21. The summed E-state index contributed by atoms with van der Waals surface area (Å²) in [5.74, 6) is -0.586. The van der Waals surface area contributed by atoms with E-state index in [-0.39, 0.29) is 29.8 Å². The van der Waals surface area contributed by atoms with E-state index in [1.807, 2.05) is 49.5 Å². The Morgan fingerprint density at radius 3 is 2.41 bits per heavy atom. The van der Waals surface area contributed by atoms with E-state index in [9.17, 15) is 18.8 Å². The van der Waals surface area contributed by atoms with E-state index in [2.05, 4.69) is 13.8 Å². The first-order valence-corrected chi connectivity index (χ1v) is 14.7. The van der Waals surface area contributed by atoms with Crippen LogP contribution in [0.3, 0.4) is 0 Å². The van der Waals surface area contributed by atoms with E-state index in [0.29, 0.717) is 12.8 Å². The molecule has 2 amide bonds. The number of amides is 2. The maximum atomic E-state index is 13.5. The quantitative estimate of drug-likeness (QED) is 0.415. The molecule has 7 heteroatoms. The van der Waals surface area contributed by atoms with Gasteiger partial charge < -0.3 is 9.53 Å². The molecule has 182 valence electrons. The highest BCUT2D eigenvalue weighted by Gasteiger charge is 2.39. The van der Waals surface area contributed by atoms with Gasteiger partial charge >= 0.3 is 6.09 Å². The molecule has 0 saturated carbocycles. The molecular formula is C27H34FNO4Si. The van der Waals surface area contributed by atoms with Crippen molar-refractivity contribution in [2.24, 2.45) is 0 Å². The molecule has 1 aliphatic rings. The summed E-state index contributed by atoms with van der Waals surface area (Å²) in [4.78, 5) is 37.1. The number of nitrogens with zero attached hydrogens (tertiary/aromatic N) is 1. The van der Waals surface area contributed by atoms with Gasteiger partial charge in [0.15, 0.2) is 8.32 Å². The number of imide groups is 1. The summed E-state index contributed by atoms with van der Waals surface area (Å²) in [7, 11) is -2.38. The van der Waals surface area contributed by atoms with Gasteiger partial charge in [0.2, 0.25) is 5.91 Å². The predicted octanol–water partition coefficient (Wildman–Crippen LogP) is 6.47. The van der Waals surface area contributed by atoms with Crippen LogP contribution in [-0.4, -0.2) is 36.6 Å². The first-order valence-electron chi connectivity index (χ1n) is 11.7. The van der Waals surface area contributed by atoms with E-state index < -0.39 is 20.5 Å². The molecule has 2 aromatic carbocycles. The molecule has 0 radical (unpaired) electrons. The highest BCUT2D eigenvalue weighted by atomic mass is 28.4. The van der Waals surface area contributed by atoms with Crippen LogP contribution >= 0.6 is 0 Å². The van der Waals surface area contributed by atoms with Crippen molar-refractivity contribution in [1.29, 1.82) is 0 Å². The molecule has 0 unspecified atom stereocenters. The molecule has 1 saturated heterocycles. The normalized spacial score (nSPS) is 17.1. The Hall–Kier alpha value is -2.77. The zero-order valence-electron chi connectivity index (χ0n) is 20.4. The number of halogens is 1. The Bertz CT molecular complexity index is 1030. The molecule has 3 rings (SSSR count). The molecule has 0 bridgehead atoms. The van der Waals surface area contributed by atoms with Crippen molar-refractivity contribution in [1.82, 2.24) is 4.90 Å². The lowest BCUT2D eigenvalue weighted by atomic mass is 9.95. The molecule has 0 aromatic heterocycles. The summed E-state index contributed by atoms with van der Waals surface area (Å²) in [5.41, 5.74) is 2.76. The highest BCUT2D eigenvalue weighted by Crippen LogP contribution is 2.42. The van der Waals surface area contributed by atoms with Gasteiger partial charge in [0.25, 0.3) is 0 Å². The Kier molecular flexibility index (Phi) is 8.10. The summed E-state index contributed by atoms with van der Waals surface area (Å²) >= 11 is 0. The first kappa shape index (κ1) is 25.8. The molecule has 1 fully saturated rings. The van der Waals surface area contributed by atoms with Gasteiger partial charge in [0.1, 0.15) is 18.5 Å². The fraction of sp³-hybridized carbons (Fsp3) is 0.407. The number of cyclic esters (lactones) is 1. The predicted molar refractivity (Wildman–Crippen MR) is 134 cm³/mol. The second kappa shape index (κ2) is 10.7. The molecule has 1 N–H and O–H groups in total. The third-order valence-corrected chi connectivity index (χ3v) is 10.5. The summed E-state index contributed by atoms with van der Waals surface area (Å²) < 4.78 is 18.6. The van der Waals surface area contributed by atoms with Gasteiger partial charge in [0, 0.05) is 6.42 Å². The van der Waals surface area contributed by atoms with Gasteiger partial charge in [-0.1, -0.05) is 62.4 Å². The number of hydrogen-bond acceptors (Lipinski definition) is 4. The fourth-order valence-electron chi connectivity index (χ4n) is 3.89. The maximum Gasteiger partial charge on any atom is 0.417 e.